The maximum Gasteiger partial charge on any atom is 0.416 e. The second kappa shape index (κ2) is 15.8. The maximum atomic E-state index is 14.6. The highest BCUT2D eigenvalue weighted by atomic mass is 35.5. The zero-order chi connectivity index (χ0) is 42.6. The Morgan fingerprint density at radius 2 is 1.75 bits per heavy atom. The van der Waals surface area contributed by atoms with Crippen LogP contribution in [0.3, 0.4) is 0 Å². The molecule has 0 unspecified atom stereocenters. The molecule has 3 aromatic carbocycles. The number of halogens is 4. The van der Waals surface area contributed by atoms with Gasteiger partial charge in [-0.25, -0.2) is 9.97 Å². The van der Waals surface area contributed by atoms with Crippen LogP contribution in [-0.2, 0) is 49.8 Å². The van der Waals surface area contributed by atoms with Crippen molar-refractivity contribution < 1.29 is 32.2 Å². The molecule has 18 heteroatoms. The number of amides is 2. The van der Waals surface area contributed by atoms with Gasteiger partial charge >= 0.3 is 6.18 Å². The lowest BCUT2D eigenvalue weighted by molar-refractivity contribution is -0.138. The molecule has 2 amide bonds. The quantitative estimate of drug-likeness (QED) is 0.171. The van der Waals surface area contributed by atoms with Crippen molar-refractivity contribution in [2.45, 2.75) is 58.9 Å². The van der Waals surface area contributed by atoms with Gasteiger partial charge in [-0.15, -0.1) is 5.10 Å². The average molecular weight is 854 g/mol. The minimum absolute atomic E-state index is 0.0969. The Labute approximate surface area is 351 Å². The van der Waals surface area contributed by atoms with E-state index in [0.717, 1.165) is 23.6 Å². The SMILES string of the molecule is CCc1c(N2CCN(C(=O)c3ncnc(C)c3OCc3ccccc3)CC2)c(=O)n2nc(-c3ccc4c(c3)OCC4)nc2n1CC(=O)Nc1c(Cl)cc(C(F)(F)F)c2c1CC2. The standard InChI is InChI=1S/C43H39ClF3N9O5/c1-3-32-37(53-14-16-54(17-15-53)40(58)36-38(24(2)48-23-49-36)61-22-25-7-5-4-6-8-25)41(59)56-42(51-39(52-56)27-10-9-26-13-18-60-33(26)19-27)55(32)21-34(57)50-35-29-12-11-28(29)30(20-31(35)44)43(45,46)47/h4-10,19-20,23H,3,11-18,21-22H2,1-2H3,(H,50,57). The van der Waals surface area contributed by atoms with Gasteiger partial charge in [0.05, 0.1) is 34.3 Å². The number of aromatic nitrogens is 6. The Morgan fingerprint density at radius 1 is 0.984 bits per heavy atom. The van der Waals surface area contributed by atoms with Crippen LogP contribution in [0.2, 0.25) is 5.02 Å². The minimum atomic E-state index is -4.59. The number of nitrogens with zero attached hydrogens (tertiary/aromatic N) is 8. The highest BCUT2D eigenvalue weighted by Crippen LogP contribution is 2.45. The molecule has 9 rings (SSSR count). The molecule has 1 aliphatic carbocycles. The summed E-state index contributed by atoms with van der Waals surface area (Å²) < 4.78 is 56.0. The molecule has 5 heterocycles. The highest BCUT2D eigenvalue weighted by molar-refractivity contribution is 6.34. The van der Waals surface area contributed by atoms with E-state index in [1.54, 1.807) is 16.4 Å². The van der Waals surface area contributed by atoms with Crippen LogP contribution in [0, 0.1) is 6.92 Å². The van der Waals surface area contributed by atoms with E-state index in [1.165, 1.54) is 10.8 Å². The number of rotatable bonds is 10. The van der Waals surface area contributed by atoms with Crippen molar-refractivity contribution in [1.29, 1.82) is 0 Å². The van der Waals surface area contributed by atoms with Crippen molar-refractivity contribution in [3.63, 3.8) is 0 Å². The summed E-state index contributed by atoms with van der Waals surface area (Å²) in [5.41, 5.74) is 3.30. The number of hydrogen-bond donors (Lipinski definition) is 1. The number of fused-ring (bicyclic) bond motifs is 3. The van der Waals surface area contributed by atoms with Gasteiger partial charge in [-0.2, -0.15) is 22.7 Å². The number of nitrogens with one attached hydrogen (secondary N) is 1. The first-order valence-corrected chi connectivity index (χ1v) is 20.3. The number of ether oxygens (including phenoxy) is 2. The van der Waals surface area contributed by atoms with Gasteiger partial charge in [-0.1, -0.05) is 61.0 Å². The van der Waals surface area contributed by atoms with Crippen molar-refractivity contribution in [2.24, 2.45) is 0 Å². The van der Waals surface area contributed by atoms with E-state index in [2.05, 4.69) is 20.4 Å². The van der Waals surface area contributed by atoms with E-state index in [-0.39, 0.29) is 90.9 Å². The Hall–Kier alpha value is -6.49. The van der Waals surface area contributed by atoms with Gasteiger partial charge in [0.15, 0.2) is 17.3 Å². The molecule has 0 spiro atoms. The van der Waals surface area contributed by atoms with Gasteiger partial charge in [0.2, 0.25) is 11.7 Å². The molecule has 2 aliphatic heterocycles. The first-order valence-electron chi connectivity index (χ1n) is 19.9. The number of alkyl halides is 3. The maximum absolute atomic E-state index is 14.6. The Morgan fingerprint density at radius 3 is 2.48 bits per heavy atom. The van der Waals surface area contributed by atoms with Crippen molar-refractivity contribution in [3.05, 3.63) is 121 Å². The number of benzene rings is 3. The zero-order valence-electron chi connectivity index (χ0n) is 33.2. The summed E-state index contributed by atoms with van der Waals surface area (Å²) in [5.74, 6) is 0.396. The van der Waals surface area contributed by atoms with Crippen LogP contribution < -0.4 is 25.2 Å². The molecule has 0 bridgehead atoms. The molecule has 3 aliphatic rings. The Bertz CT molecular complexity index is 2790. The van der Waals surface area contributed by atoms with E-state index >= 15 is 0 Å². The van der Waals surface area contributed by atoms with Crippen molar-refractivity contribution >= 4 is 40.6 Å². The first kappa shape index (κ1) is 39.9. The molecule has 0 saturated carbocycles. The lowest BCUT2D eigenvalue weighted by atomic mass is 9.83. The van der Waals surface area contributed by atoms with Gasteiger partial charge in [0.1, 0.15) is 30.9 Å². The van der Waals surface area contributed by atoms with Crippen molar-refractivity contribution in [1.82, 2.24) is 34.0 Å². The Balaban J connectivity index is 1.04. The summed E-state index contributed by atoms with van der Waals surface area (Å²) in [6, 6.07) is 16.0. The van der Waals surface area contributed by atoms with Gasteiger partial charge in [0.25, 0.3) is 11.5 Å². The van der Waals surface area contributed by atoms with Crippen molar-refractivity contribution in [2.75, 3.05) is 43.0 Å². The largest absolute Gasteiger partial charge is 0.493 e. The smallest absolute Gasteiger partial charge is 0.416 e. The third-order valence-corrected chi connectivity index (χ3v) is 11.7. The van der Waals surface area contributed by atoms with Gasteiger partial charge in [-0.3, -0.25) is 14.4 Å². The molecule has 314 valence electrons. The first-order chi connectivity index (χ1) is 29.4. The molecule has 3 aromatic heterocycles. The van der Waals surface area contributed by atoms with Gasteiger partial charge in [0, 0.05) is 38.2 Å². The summed E-state index contributed by atoms with van der Waals surface area (Å²) in [4.78, 5) is 59.4. The van der Waals surface area contributed by atoms with Crippen molar-refractivity contribution in [3.8, 4) is 22.9 Å². The van der Waals surface area contributed by atoms with Crippen LogP contribution >= 0.6 is 11.6 Å². The molecule has 1 N–H and O–H groups in total. The molecule has 1 fully saturated rings. The summed E-state index contributed by atoms with van der Waals surface area (Å²) in [7, 11) is 0. The number of aryl methyl sites for hydroxylation is 1. The average Bonchev–Trinajstić information content (AvgIpc) is 3.91. The highest BCUT2D eigenvalue weighted by Gasteiger charge is 2.39. The van der Waals surface area contributed by atoms with E-state index < -0.39 is 23.2 Å². The van der Waals surface area contributed by atoms with Crippen LogP contribution in [0.4, 0.5) is 24.5 Å². The lowest BCUT2D eigenvalue weighted by Gasteiger charge is -2.36. The predicted octanol–water partition coefficient (Wildman–Crippen LogP) is 6.10. The number of piperazine rings is 1. The topological polar surface area (TPSA) is 149 Å². The number of carbonyl (C=O) groups excluding carboxylic acids is 2. The summed E-state index contributed by atoms with van der Waals surface area (Å²) >= 11 is 6.39. The molecule has 14 nitrogen and oxygen atoms in total. The second-order valence-electron chi connectivity index (χ2n) is 15.1. The third-order valence-electron chi connectivity index (χ3n) is 11.4. The molecule has 61 heavy (non-hydrogen) atoms. The predicted molar refractivity (Wildman–Crippen MR) is 219 cm³/mol. The molecule has 1 saturated heterocycles. The van der Waals surface area contributed by atoms with E-state index in [9.17, 15) is 27.6 Å². The molecule has 0 atom stereocenters. The number of carbonyl (C=O) groups is 2. The fraction of sp³-hybridized carbons (Fsp3) is 0.326. The summed E-state index contributed by atoms with van der Waals surface area (Å²) in [6.45, 7) is 4.98. The van der Waals surface area contributed by atoms with E-state index in [1.807, 2.05) is 60.4 Å². The minimum Gasteiger partial charge on any atom is -0.493 e. The lowest BCUT2D eigenvalue weighted by Crippen LogP contribution is -2.51. The van der Waals surface area contributed by atoms with Crippen LogP contribution in [0.5, 0.6) is 11.5 Å². The third kappa shape index (κ3) is 7.40. The van der Waals surface area contributed by atoms with E-state index in [4.69, 9.17) is 26.1 Å². The van der Waals surface area contributed by atoms with Gasteiger partial charge < -0.3 is 29.2 Å². The fourth-order valence-electron chi connectivity index (χ4n) is 8.25. The monoisotopic (exact) mass is 853 g/mol. The number of anilines is 2. The zero-order valence-corrected chi connectivity index (χ0v) is 33.9. The second-order valence-corrected chi connectivity index (χ2v) is 15.5. The van der Waals surface area contributed by atoms with Crippen LogP contribution in [0.1, 0.15) is 56.6 Å². The summed E-state index contributed by atoms with van der Waals surface area (Å²) in [6.07, 6.45) is -1.66. The van der Waals surface area contributed by atoms with Crippen LogP contribution in [0.25, 0.3) is 17.2 Å². The molecule has 6 aromatic rings. The van der Waals surface area contributed by atoms with Crippen LogP contribution in [0.15, 0.2) is 65.7 Å². The Kier molecular flexibility index (Phi) is 10.4. The molecular weight excluding hydrogens is 815 g/mol. The van der Waals surface area contributed by atoms with Crippen LogP contribution in [-0.4, -0.2) is 78.6 Å². The summed E-state index contributed by atoms with van der Waals surface area (Å²) in [5, 5.41) is 7.20. The molecular formula is C43H39ClF3N9O5. The van der Waals surface area contributed by atoms with E-state index in [0.29, 0.717) is 53.5 Å². The molecule has 0 radical (unpaired) electrons. The van der Waals surface area contributed by atoms with Gasteiger partial charge in [-0.05, 0) is 60.6 Å². The normalized spacial score (nSPS) is 14.7. The number of hydrogen-bond acceptors (Lipinski definition) is 10. The fourth-order valence-corrected chi connectivity index (χ4v) is 8.52.